The molecule has 0 aromatic rings. The lowest BCUT2D eigenvalue weighted by atomic mass is 10.2. The summed E-state index contributed by atoms with van der Waals surface area (Å²) in [5, 5.41) is 3.22. The van der Waals surface area contributed by atoms with Gasteiger partial charge in [-0.25, -0.2) is 0 Å². The van der Waals surface area contributed by atoms with Crippen LogP contribution in [-0.4, -0.2) is 37.0 Å². The predicted molar refractivity (Wildman–Crippen MR) is 53.6 cm³/mol. The summed E-state index contributed by atoms with van der Waals surface area (Å²) < 4.78 is 0. The van der Waals surface area contributed by atoms with Gasteiger partial charge in [-0.1, -0.05) is 13.3 Å². The molecule has 1 fully saturated rings. The Hall–Kier alpha value is -0.570. The van der Waals surface area contributed by atoms with Crippen LogP contribution in [0.5, 0.6) is 0 Å². The average molecular weight is 184 g/mol. The maximum atomic E-state index is 11.7. The zero-order valence-electron chi connectivity index (χ0n) is 8.68. The first-order valence-electron chi connectivity index (χ1n) is 5.24. The number of rotatable bonds is 4. The third-order valence-corrected chi connectivity index (χ3v) is 2.58. The van der Waals surface area contributed by atoms with Gasteiger partial charge in [-0.05, 0) is 25.8 Å². The standard InChI is InChI=1S/C10H20N2O/c1-3-4-8-12(2)10(13)9-6-5-7-11-9/h9,11H,3-8H2,1-2H3. The number of carbonyl (C=O) groups is 1. The van der Waals surface area contributed by atoms with Crippen LogP contribution in [0.4, 0.5) is 0 Å². The third-order valence-electron chi connectivity index (χ3n) is 2.58. The van der Waals surface area contributed by atoms with E-state index in [9.17, 15) is 4.79 Å². The van der Waals surface area contributed by atoms with Gasteiger partial charge >= 0.3 is 0 Å². The van der Waals surface area contributed by atoms with Crippen LogP contribution in [0.25, 0.3) is 0 Å². The molecule has 0 aromatic carbocycles. The SMILES string of the molecule is CCCCN(C)C(=O)C1CCCN1. The van der Waals surface area contributed by atoms with E-state index in [1.54, 1.807) is 0 Å². The Morgan fingerprint density at radius 2 is 2.38 bits per heavy atom. The number of nitrogens with zero attached hydrogens (tertiary/aromatic N) is 1. The van der Waals surface area contributed by atoms with Crippen molar-refractivity contribution in [3.05, 3.63) is 0 Å². The molecule has 0 spiro atoms. The molecular weight excluding hydrogens is 164 g/mol. The molecule has 13 heavy (non-hydrogen) atoms. The summed E-state index contributed by atoms with van der Waals surface area (Å²) in [6.45, 7) is 4.04. The molecule has 1 heterocycles. The molecule has 76 valence electrons. The van der Waals surface area contributed by atoms with Crippen LogP contribution in [0, 0.1) is 0 Å². The lowest BCUT2D eigenvalue weighted by Gasteiger charge is -2.20. The van der Waals surface area contributed by atoms with Crippen LogP contribution in [-0.2, 0) is 4.79 Å². The van der Waals surface area contributed by atoms with E-state index in [-0.39, 0.29) is 11.9 Å². The zero-order valence-corrected chi connectivity index (χ0v) is 8.68. The van der Waals surface area contributed by atoms with Crippen molar-refractivity contribution in [2.75, 3.05) is 20.1 Å². The first-order valence-corrected chi connectivity index (χ1v) is 5.24. The van der Waals surface area contributed by atoms with Gasteiger partial charge in [0.15, 0.2) is 0 Å². The summed E-state index contributed by atoms with van der Waals surface area (Å²) in [5.41, 5.74) is 0. The van der Waals surface area contributed by atoms with E-state index >= 15 is 0 Å². The molecular formula is C10H20N2O. The zero-order chi connectivity index (χ0) is 9.68. The fourth-order valence-electron chi connectivity index (χ4n) is 1.67. The number of hydrogen-bond donors (Lipinski definition) is 1. The molecule has 0 saturated carbocycles. The van der Waals surface area contributed by atoms with Crippen molar-refractivity contribution >= 4 is 5.91 Å². The van der Waals surface area contributed by atoms with E-state index in [1.165, 1.54) is 0 Å². The molecule has 3 heteroatoms. The van der Waals surface area contributed by atoms with Crippen molar-refractivity contribution in [3.63, 3.8) is 0 Å². The van der Waals surface area contributed by atoms with Gasteiger partial charge in [0.25, 0.3) is 0 Å². The van der Waals surface area contributed by atoms with Gasteiger partial charge in [0.2, 0.25) is 5.91 Å². The van der Waals surface area contributed by atoms with Crippen LogP contribution in [0.3, 0.4) is 0 Å². The minimum absolute atomic E-state index is 0.0989. The number of amides is 1. The fourth-order valence-corrected chi connectivity index (χ4v) is 1.67. The molecule has 0 bridgehead atoms. The van der Waals surface area contributed by atoms with E-state index in [1.807, 2.05) is 11.9 Å². The number of carbonyl (C=O) groups excluding carboxylic acids is 1. The van der Waals surface area contributed by atoms with Crippen molar-refractivity contribution < 1.29 is 4.79 Å². The van der Waals surface area contributed by atoms with E-state index < -0.39 is 0 Å². The third kappa shape index (κ3) is 2.99. The van der Waals surface area contributed by atoms with Crippen molar-refractivity contribution in [3.8, 4) is 0 Å². The summed E-state index contributed by atoms with van der Waals surface area (Å²) in [5.74, 6) is 0.269. The second-order valence-corrected chi connectivity index (χ2v) is 3.76. The van der Waals surface area contributed by atoms with E-state index in [2.05, 4.69) is 12.2 Å². The average Bonchev–Trinajstić information content (AvgIpc) is 2.65. The van der Waals surface area contributed by atoms with Gasteiger partial charge in [-0.3, -0.25) is 4.79 Å². The number of likely N-dealkylation sites (N-methyl/N-ethyl adjacent to an activating group) is 1. The topological polar surface area (TPSA) is 32.3 Å². The predicted octanol–water partition coefficient (Wildman–Crippen LogP) is 0.997. The van der Waals surface area contributed by atoms with Crippen LogP contribution < -0.4 is 5.32 Å². The van der Waals surface area contributed by atoms with E-state index in [4.69, 9.17) is 0 Å². The molecule has 1 aliphatic rings. The lowest BCUT2D eigenvalue weighted by molar-refractivity contribution is -0.131. The maximum Gasteiger partial charge on any atom is 0.239 e. The molecule has 1 atom stereocenters. The highest BCUT2D eigenvalue weighted by molar-refractivity contribution is 5.81. The van der Waals surface area contributed by atoms with E-state index in [0.29, 0.717) is 0 Å². The second-order valence-electron chi connectivity index (χ2n) is 3.76. The first kappa shape index (κ1) is 10.5. The van der Waals surface area contributed by atoms with Gasteiger partial charge in [0.1, 0.15) is 0 Å². The Kier molecular flexibility index (Phi) is 4.22. The molecule has 1 N–H and O–H groups in total. The highest BCUT2D eigenvalue weighted by Gasteiger charge is 2.24. The summed E-state index contributed by atoms with van der Waals surface area (Å²) in [7, 11) is 1.90. The summed E-state index contributed by atoms with van der Waals surface area (Å²) in [6, 6.07) is 0.0989. The minimum Gasteiger partial charge on any atom is -0.344 e. The lowest BCUT2D eigenvalue weighted by Crippen LogP contribution is -2.41. The molecule has 1 unspecified atom stereocenters. The summed E-state index contributed by atoms with van der Waals surface area (Å²) in [4.78, 5) is 13.6. The largest absolute Gasteiger partial charge is 0.344 e. The minimum atomic E-state index is 0.0989. The highest BCUT2D eigenvalue weighted by atomic mass is 16.2. The highest BCUT2D eigenvalue weighted by Crippen LogP contribution is 2.07. The Morgan fingerprint density at radius 3 is 2.92 bits per heavy atom. The number of nitrogens with one attached hydrogen (secondary N) is 1. The Balaban J connectivity index is 2.28. The van der Waals surface area contributed by atoms with Crippen LogP contribution in [0.2, 0.25) is 0 Å². The summed E-state index contributed by atoms with van der Waals surface area (Å²) >= 11 is 0. The summed E-state index contributed by atoms with van der Waals surface area (Å²) in [6.07, 6.45) is 4.40. The molecule has 0 radical (unpaired) electrons. The van der Waals surface area contributed by atoms with Gasteiger partial charge < -0.3 is 10.2 Å². The second kappa shape index (κ2) is 5.22. The van der Waals surface area contributed by atoms with Crippen molar-refractivity contribution in [2.45, 2.75) is 38.6 Å². The fraction of sp³-hybridized carbons (Fsp3) is 0.900. The van der Waals surface area contributed by atoms with Gasteiger partial charge in [-0.15, -0.1) is 0 Å². The van der Waals surface area contributed by atoms with Crippen LogP contribution in [0.1, 0.15) is 32.6 Å². The number of hydrogen-bond acceptors (Lipinski definition) is 2. The van der Waals surface area contributed by atoms with E-state index in [0.717, 1.165) is 38.8 Å². The van der Waals surface area contributed by atoms with Crippen LogP contribution in [0.15, 0.2) is 0 Å². The smallest absolute Gasteiger partial charge is 0.239 e. The van der Waals surface area contributed by atoms with Gasteiger partial charge in [0.05, 0.1) is 6.04 Å². The maximum absolute atomic E-state index is 11.7. The monoisotopic (exact) mass is 184 g/mol. The Bertz CT molecular complexity index is 164. The van der Waals surface area contributed by atoms with Crippen LogP contribution >= 0.6 is 0 Å². The Morgan fingerprint density at radius 1 is 1.62 bits per heavy atom. The van der Waals surface area contributed by atoms with Crippen molar-refractivity contribution in [1.29, 1.82) is 0 Å². The number of unbranched alkanes of at least 4 members (excludes halogenated alkanes) is 1. The van der Waals surface area contributed by atoms with Gasteiger partial charge in [-0.2, -0.15) is 0 Å². The van der Waals surface area contributed by atoms with Crippen molar-refractivity contribution in [2.24, 2.45) is 0 Å². The molecule has 3 nitrogen and oxygen atoms in total. The molecule has 1 rings (SSSR count). The quantitative estimate of drug-likeness (QED) is 0.707. The molecule has 1 saturated heterocycles. The van der Waals surface area contributed by atoms with Gasteiger partial charge in [0, 0.05) is 13.6 Å². The molecule has 0 aliphatic carbocycles. The Labute approximate surface area is 80.5 Å². The molecule has 0 aromatic heterocycles. The molecule has 1 amide bonds. The normalized spacial score (nSPS) is 21.8. The first-order chi connectivity index (χ1) is 6.25. The van der Waals surface area contributed by atoms with Crippen molar-refractivity contribution in [1.82, 2.24) is 10.2 Å². The molecule has 1 aliphatic heterocycles.